The van der Waals surface area contributed by atoms with Gasteiger partial charge in [-0.1, -0.05) is 6.92 Å². The van der Waals surface area contributed by atoms with Gasteiger partial charge in [0.1, 0.15) is 0 Å². The van der Waals surface area contributed by atoms with Crippen LogP contribution in [0.4, 0.5) is 0 Å². The molecule has 0 aliphatic heterocycles. The van der Waals surface area contributed by atoms with Gasteiger partial charge < -0.3 is 9.42 Å². The van der Waals surface area contributed by atoms with Crippen molar-refractivity contribution in [3.8, 4) is 0 Å². The minimum atomic E-state index is -0.417. The molecule has 0 spiro atoms. The van der Waals surface area contributed by atoms with E-state index in [1.165, 1.54) is 11.8 Å². The van der Waals surface area contributed by atoms with E-state index in [1.54, 1.807) is 14.0 Å². The van der Waals surface area contributed by atoms with Crippen molar-refractivity contribution in [3.63, 3.8) is 0 Å². The minimum Gasteiger partial charge on any atom is -0.478 e. The number of carbonyl (C=O) groups is 1. The summed E-state index contributed by atoms with van der Waals surface area (Å²) in [7, 11) is 3.04. The Balaban J connectivity index is 0.00000121. The van der Waals surface area contributed by atoms with Gasteiger partial charge in [0.15, 0.2) is 0 Å². The summed E-state index contributed by atoms with van der Waals surface area (Å²) in [6.45, 7) is 1.76. The summed E-state index contributed by atoms with van der Waals surface area (Å²) in [6, 6.07) is 0. The van der Waals surface area contributed by atoms with Crippen LogP contribution in [0.2, 0.25) is 0 Å². The van der Waals surface area contributed by atoms with Gasteiger partial charge in [-0.2, -0.15) is 5.56 Å². The van der Waals surface area contributed by atoms with Gasteiger partial charge in [0.25, 0.3) is 5.97 Å². The topological polar surface area (TPSA) is 44.1 Å². The maximum atomic E-state index is 10.9. The van der Waals surface area contributed by atoms with Crippen LogP contribution >= 0.6 is 0 Å². The van der Waals surface area contributed by atoms with Crippen molar-refractivity contribution in [3.05, 3.63) is 17.5 Å². The number of hydrogen-bond acceptors (Lipinski definition) is 3. The van der Waals surface area contributed by atoms with E-state index in [4.69, 9.17) is 0 Å². The molecule has 1 heterocycles. The molecule has 0 aliphatic rings. The molecular weight excluding hydrogens is 328 g/mol. The maximum absolute atomic E-state index is 10.9. The summed E-state index contributed by atoms with van der Waals surface area (Å²) in [5.41, 5.74) is 1.04. The van der Waals surface area contributed by atoms with Gasteiger partial charge in [-0.25, -0.2) is 0 Å². The SMILES string of the molecule is COC(=O)c1nn(C)[c-]c1C.[W]. The number of carbonyl (C=O) groups excluding carboxylic acids is 1. The molecule has 0 bridgehead atoms. The van der Waals surface area contributed by atoms with Gasteiger partial charge in [-0.15, -0.1) is 6.20 Å². The number of nitrogens with zero attached hydrogens (tertiary/aromatic N) is 2. The Morgan fingerprint density at radius 3 is 2.58 bits per heavy atom. The van der Waals surface area contributed by atoms with Gasteiger partial charge in [-0.3, -0.25) is 9.89 Å². The number of methoxy groups -OCH3 is 1. The van der Waals surface area contributed by atoms with E-state index in [0.29, 0.717) is 11.3 Å². The fourth-order valence-electron chi connectivity index (χ4n) is 0.836. The molecule has 0 fully saturated rings. The van der Waals surface area contributed by atoms with Crippen molar-refractivity contribution >= 4 is 5.97 Å². The first-order chi connectivity index (χ1) is 5.15. The molecule has 1 aromatic rings. The molecule has 0 saturated carbocycles. The van der Waals surface area contributed by atoms with Crippen LogP contribution in [0.15, 0.2) is 0 Å². The van der Waals surface area contributed by atoms with Crippen molar-refractivity contribution in [2.24, 2.45) is 7.05 Å². The first-order valence-corrected chi connectivity index (χ1v) is 3.16. The zero-order valence-corrected chi connectivity index (χ0v) is 10.1. The van der Waals surface area contributed by atoms with Crippen LogP contribution in [0.5, 0.6) is 0 Å². The van der Waals surface area contributed by atoms with E-state index in [-0.39, 0.29) is 21.1 Å². The van der Waals surface area contributed by atoms with Crippen molar-refractivity contribution < 1.29 is 30.6 Å². The number of hydrogen-bond donors (Lipinski definition) is 0. The van der Waals surface area contributed by atoms with E-state index < -0.39 is 5.97 Å². The molecule has 0 atom stereocenters. The Bertz CT molecular complexity index is 283. The van der Waals surface area contributed by atoms with Crippen molar-refractivity contribution in [2.45, 2.75) is 6.92 Å². The van der Waals surface area contributed by atoms with Crippen LogP contribution in [0, 0.1) is 13.1 Å². The van der Waals surface area contributed by atoms with E-state index >= 15 is 0 Å². The first kappa shape index (κ1) is 11.4. The summed E-state index contributed by atoms with van der Waals surface area (Å²) in [5.74, 6) is -0.417. The minimum absolute atomic E-state index is 0. The van der Waals surface area contributed by atoms with E-state index in [1.807, 2.05) is 0 Å². The normalized spacial score (nSPS) is 8.92. The zero-order chi connectivity index (χ0) is 8.43. The Hall–Kier alpha value is -0.632. The summed E-state index contributed by atoms with van der Waals surface area (Å²) in [5, 5.41) is 3.87. The third-order valence-corrected chi connectivity index (χ3v) is 1.31. The molecule has 1 rings (SSSR count). The predicted molar refractivity (Wildman–Crippen MR) is 38.1 cm³/mol. The summed E-state index contributed by atoms with van der Waals surface area (Å²) in [6.07, 6.45) is 2.83. The van der Waals surface area contributed by atoms with Crippen LogP contribution in [0.25, 0.3) is 0 Å². The Morgan fingerprint density at radius 1 is 1.67 bits per heavy atom. The third kappa shape index (κ3) is 2.17. The fraction of sp³-hybridized carbons (Fsp3) is 0.429. The molecule has 66 valence electrons. The van der Waals surface area contributed by atoms with Gasteiger partial charge >= 0.3 is 0 Å². The molecule has 0 saturated heterocycles. The van der Waals surface area contributed by atoms with E-state index in [0.717, 1.165) is 0 Å². The first-order valence-electron chi connectivity index (χ1n) is 3.16. The number of ether oxygens (including phenoxy) is 1. The fourth-order valence-corrected chi connectivity index (χ4v) is 0.836. The summed E-state index contributed by atoms with van der Waals surface area (Å²) >= 11 is 0. The smallest absolute Gasteiger partial charge is 0.274 e. The number of aryl methyl sites for hydroxylation is 2. The quantitative estimate of drug-likeness (QED) is 0.548. The van der Waals surface area contributed by atoms with Crippen LogP contribution in [-0.2, 0) is 32.8 Å². The predicted octanol–water partition coefficient (Wildman–Crippen LogP) is 0.313. The molecule has 0 aromatic carbocycles. The number of rotatable bonds is 1. The van der Waals surface area contributed by atoms with E-state index in [9.17, 15) is 4.79 Å². The van der Waals surface area contributed by atoms with Crippen LogP contribution in [-0.4, -0.2) is 22.9 Å². The molecule has 4 nitrogen and oxygen atoms in total. The average molecular weight is 337 g/mol. The third-order valence-electron chi connectivity index (χ3n) is 1.31. The molecule has 0 aliphatic carbocycles. The van der Waals surface area contributed by atoms with Gasteiger partial charge in [0, 0.05) is 33.8 Å². The molecule has 5 heteroatoms. The van der Waals surface area contributed by atoms with Gasteiger partial charge in [0.2, 0.25) is 0 Å². The van der Waals surface area contributed by atoms with Crippen LogP contribution in [0.1, 0.15) is 16.1 Å². The summed E-state index contributed by atoms with van der Waals surface area (Å²) in [4.78, 5) is 10.9. The standard InChI is InChI=1S/C7H9N2O2.W/c1-5-4-9(2)8-6(5)7(10)11-3;/h1-3H3;/q-1;. The number of esters is 1. The Kier molecular flexibility index (Phi) is 4.18. The maximum Gasteiger partial charge on any atom is 0.274 e. The van der Waals surface area contributed by atoms with Crippen LogP contribution in [0.3, 0.4) is 0 Å². The second-order valence-electron chi connectivity index (χ2n) is 2.20. The number of aromatic nitrogens is 2. The molecule has 0 amide bonds. The van der Waals surface area contributed by atoms with Gasteiger partial charge in [0.05, 0.1) is 7.11 Å². The van der Waals surface area contributed by atoms with E-state index in [2.05, 4.69) is 16.0 Å². The van der Waals surface area contributed by atoms with Gasteiger partial charge in [-0.05, 0) is 0 Å². The molecule has 0 radical (unpaired) electrons. The average Bonchev–Trinajstić information content (AvgIpc) is 2.28. The Morgan fingerprint density at radius 2 is 2.25 bits per heavy atom. The summed E-state index contributed by atoms with van der Waals surface area (Å²) < 4.78 is 5.96. The molecule has 0 unspecified atom stereocenters. The second kappa shape index (κ2) is 4.41. The van der Waals surface area contributed by atoms with Crippen molar-refractivity contribution in [2.75, 3.05) is 7.11 Å². The Labute approximate surface area is 85.2 Å². The molecule has 0 N–H and O–H groups in total. The molecule has 12 heavy (non-hydrogen) atoms. The van der Waals surface area contributed by atoms with Crippen molar-refractivity contribution in [1.29, 1.82) is 0 Å². The molecular formula is C7H9N2O2W-. The van der Waals surface area contributed by atoms with Crippen molar-refractivity contribution in [1.82, 2.24) is 9.78 Å². The molecule has 1 aromatic heterocycles. The zero-order valence-electron chi connectivity index (χ0n) is 7.12. The second-order valence-corrected chi connectivity index (χ2v) is 2.20. The largest absolute Gasteiger partial charge is 0.478 e. The van der Waals surface area contributed by atoms with Crippen LogP contribution < -0.4 is 0 Å². The monoisotopic (exact) mass is 337 g/mol.